The predicted molar refractivity (Wildman–Crippen MR) is 94.2 cm³/mol. The van der Waals surface area contributed by atoms with Gasteiger partial charge in [-0.15, -0.1) is 0 Å². The largest absolute Gasteiger partial charge is 0.378 e. The predicted octanol–water partition coefficient (Wildman–Crippen LogP) is 3.29. The first-order valence-corrected chi connectivity index (χ1v) is 7.41. The second-order valence-corrected chi connectivity index (χ2v) is 5.67. The molecule has 23 heavy (non-hydrogen) atoms. The fraction of sp³-hybridized carbons (Fsp3) is 0.176. The third kappa shape index (κ3) is 4.23. The summed E-state index contributed by atoms with van der Waals surface area (Å²) in [4.78, 5) is 25.9. The van der Waals surface area contributed by atoms with Crippen LogP contribution in [0.1, 0.15) is 5.56 Å². The molecule has 6 heteroatoms. The lowest BCUT2D eigenvalue weighted by Crippen LogP contribution is -2.29. The average Bonchev–Trinajstić information content (AvgIpc) is 2.52. The Morgan fingerprint density at radius 2 is 1.57 bits per heavy atom. The highest BCUT2D eigenvalue weighted by Crippen LogP contribution is 2.23. The molecule has 0 heterocycles. The van der Waals surface area contributed by atoms with E-state index < -0.39 is 11.8 Å². The molecule has 120 valence electrons. The van der Waals surface area contributed by atoms with E-state index in [1.807, 2.05) is 31.1 Å². The van der Waals surface area contributed by atoms with Gasteiger partial charge in [-0.25, -0.2) is 0 Å². The number of nitrogens with zero attached hydrogens (tertiary/aromatic N) is 1. The molecule has 2 N–H and O–H groups in total. The van der Waals surface area contributed by atoms with Crippen molar-refractivity contribution in [3.63, 3.8) is 0 Å². The van der Waals surface area contributed by atoms with E-state index in [0.29, 0.717) is 22.0 Å². The van der Waals surface area contributed by atoms with Crippen LogP contribution in [-0.4, -0.2) is 25.9 Å². The van der Waals surface area contributed by atoms with Crippen LogP contribution < -0.4 is 15.5 Å². The molecule has 2 aromatic carbocycles. The van der Waals surface area contributed by atoms with Crippen molar-refractivity contribution in [2.45, 2.75) is 6.92 Å². The van der Waals surface area contributed by atoms with Crippen LogP contribution in [0.4, 0.5) is 17.1 Å². The van der Waals surface area contributed by atoms with Crippen molar-refractivity contribution >= 4 is 40.5 Å². The monoisotopic (exact) mass is 331 g/mol. The summed E-state index contributed by atoms with van der Waals surface area (Å²) in [6.45, 7) is 1.77. The Labute approximate surface area is 140 Å². The van der Waals surface area contributed by atoms with Gasteiger partial charge in [0, 0.05) is 36.2 Å². The summed E-state index contributed by atoms with van der Waals surface area (Å²) in [6, 6.07) is 12.3. The molecule has 0 aliphatic rings. The Balaban J connectivity index is 2.02. The van der Waals surface area contributed by atoms with E-state index in [2.05, 4.69) is 10.6 Å². The van der Waals surface area contributed by atoms with Crippen molar-refractivity contribution in [1.29, 1.82) is 0 Å². The molecule has 0 aromatic heterocycles. The number of nitrogens with one attached hydrogen (secondary N) is 2. The lowest BCUT2D eigenvalue weighted by Gasteiger charge is -2.13. The highest BCUT2D eigenvalue weighted by atomic mass is 35.5. The van der Waals surface area contributed by atoms with Crippen LogP contribution in [0.25, 0.3) is 0 Å². The zero-order valence-electron chi connectivity index (χ0n) is 13.2. The standard InChI is InChI=1S/C17H18ClN3O2/c1-11-14(18)5-4-6-15(11)20-17(23)16(22)19-12-7-9-13(10-8-12)21(2)3/h4-10H,1-3H3,(H,19,22)(H,20,23). The summed E-state index contributed by atoms with van der Waals surface area (Å²) < 4.78 is 0. The van der Waals surface area contributed by atoms with Crippen molar-refractivity contribution in [3.05, 3.63) is 53.1 Å². The summed E-state index contributed by atoms with van der Waals surface area (Å²) in [6.07, 6.45) is 0. The van der Waals surface area contributed by atoms with E-state index in [4.69, 9.17) is 11.6 Å². The molecular weight excluding hydrogens is 314 g/mol. The molecule has 0 saturated heterocycles. The number of rotatable bonds is 3. The third-order valence-corrected chi connectivity index (χ3v) is 3.77. The van der Waals surface area contributed by atoms with Crippen molar-refractivity contribution in [2.24, 2.45) is 0 Å². The highest BCUT2D eigenvalue weighted by molar-refractivity contribution is 6.44. The lowest BCUT2D eigenvalue weighted by molar-refractivity contribution is -0.133. The number of hydrogen-bond acceptors (Lipinski definition) is 3. The molecule has 0 fully saturated rings. The van der Waals surface area contributed by atoms with Crippen LogP contribution in [0.3, 0.4) is 0 Å². The molecule has 0 aliphatic heterocycles. The van der Waals surface area contributed by atoms with Gasteiger partial charge in [-0.2, -0.15) is 0 Å². The SMILES string of the molecule is Cc1c(Cl)cccc1NC(=O)C(=O)Nc1ccc(N(C)C)cc1. The number of carbonyl (C=O) groups excluding carboxylic acids is 2. The molecule has 0 saturated carbocycles. The van der Waals surface area contributed by atoms with Gasteiger partial charge in [0.1, 0.15) is 0 Å². The first kappa shape index (κ1) is 16.8. The normalized spacial score (nSPS) is 10.1. The zero-order chi connectivity index (χ0) is 17.0. The minimum absolute atomic E-state index is 0.514. The van der Waals surface area contributed by atoms with Crippen LogP contribution in [0.15, 0.2) is 42.5 Å². The minimum Gasteiger partial charge on any atom is -0.378 e. The van der Waals surface area contributed by atoms with E-state index >= 15 is 0 Å². The van der Waals surface area contributed by atoms with E-state index in [0.717, 1.165) is 5.69 Å². The van der Waals surface area contributed by atoms with Crippen LogP contribution >= 0.6 is 11.6 Å². The molecule has 0 bridgehead atoms. The molecule has 2 rings (SSSR count). The maximum absolute atomic E-state index is 12.0. The smallest absolute Gasteiger partial charge is 0.314 e. The van der Waals surface area contributed by atoms with Crippen LogP contribution in [0.5, 0.6) is 0 Å². The molecular formula is C17H18ClN3O2. The Morgan fingerprint density at radius 3 is 2.17 bits per heavy atom. The second kappa shape index (κ2) is 7.15. The van der Waals surface area contributed by atoms with Gasteiger partial charge in [0.15, 0.2) is 0 Å². The van der Waals surface area contributed by atoms with E-state index in [1.165, 1.54) is 0 Å². The molecule has 5 nitrogen and oxygen atoms in total. The summed E-state index contributed by atoms with van der Waals surface area (Å²) in [5, 5.41) is 5.65. The van der Waals surface area contributed by atoms with E-state index in [9.17, 15) is 9.59 Å². The summed E-state index contributed by atoms with van der Waals surface area (Å²) in [5.41, 5.74) is 2.78. The molecule has 0 atom stereocenters. The van der Waals surface area contributed by atoms with Gasteiger partial charge in [0.2, 0.25) is 0 Å². The molecule has 0 spiro atoms. The van der Waals surface area contributed by atoms with Crippen LogP contribution in [0.2, 0.25) is 5.02 Å². The molecule has 2 amide bonds. The lowest BCUT2D eigenvalue weighted by atomic mass is 10.2. The summed E-state index contributed by atoms with van der Waals surface area (Å²) in [7, 11) is 3.85. The first-order valence-electron chi connectivity index (χ1n) is 7.03. The molecule has 0 radical (unpaired) electrons. The van der Waals surface area contributed by atoms with Crippen molar-refractivity contribution in [3.8, 4) is 0 Å². The number of hydrogen-bond donors (Lipinski definition) is 2. The van der Waals surface area contributed by atoms with Gasteiger partial charge in [-0.1, -0.05) is 17.7 Å². The van der Waals surface area contributed by atoms with E-state index in [-0.39, 0.29) is 0 Å². The van der Waals surface area contributed by atoms with Gasteiger partial charge in [0.05, 0.1) is 0 Å². The molecule has 0 unspecified atom stereocenters. The Morgan fingerprint density at radius 1 is 0.957 bits per heavy atom. The topological polar surface area (TPSA) is 61.4 Å². The number of benzene rings is 2. The summed E-state index contributed by atoms with van der Waals surface area (Å²) >= 11 is 5.99. The second-order valence-electron chi connectivity index (χ2n) is 5.26. The number of anilines is 3. The first-order chi connectivity index (χ1) is 10.9. The Kier molecular flexibility index (Phi) is 5.24. The van der Waals surface area contributed by atoms with Crippen molar-refractivity contribution in [1.82, 2.24) is 0 Å². The Bertz CT molecular complexity index is 727. The van der Waals surface area contributed by atoms with Crippen LogP contribution in [-0.2, 0) is 9.59 Å². The van der Waals surface area contributed by atoms with Gasteiger partial charge < -0.3 is 15.5 Å². The Hall–Kier alpha value is -2.53. The van der Waals surface area contributed by atoms with Gasteiger partial charge >= 0.3 is 11.8 Å². The zero-order valence-corrected chi connectivity index (χ0v) is 13.9. The number of carbonyl (C=O) groups is 2. The number of halogens is 1. The summed E-state index contributed by atoms with van der Waals surface area (Å²) in [5.74, 6) is -1.48. The minimum atomic E-state index is -0.743. The fourth-order valence-electron chi connectivity index (χ4n) is 1.95. The van der Waals surface area contributed by atoms with Gasteiger partial charge in [-0.3, -0.25) is 9.59 Å². The maximum atomic E-state index is 12.0. The van der Waals surface area contributed by atoms with Gasteiger partial charge in [0.25, 0.3) is 0 Å². The molecule has 0 aliphatic carbocycles. The van der Waals surface area contributed by atoms with E-state index in [1.54, 1.807) is 37.3 Å². The van der Waals surface area contributed by atoms with Gasteiger partial charge in [-0.05, 0) is 48.9 Å². The quantitative estimate of drug-likeness (QED) is 0.848. The maximum Gasteiger partial charge on any atom is 0.314 e. The average molecular weight is 332 g/mol. The fourth-order valence-corrected chi connectivity index (χ4v) is 2.13. The van der Waals surface area contributed by atoms with Crippen molar-refractivity contribution in [2.75, 3.05) is 29.6 Å². The molecule has 2 aromatic rings. The number of amides is 2. The van der Waals surface area contributed by atoms with Crippen molar-refractivity contribution < 1.29 is 9.59 Å². The highest BCUT2D eigenvalue weighted by Gasteiger charge is 2.15. The van der Waals surface area contributed by atoms with Crippen LogP contribution in [0, 0.1) is 6.92 Å². The third-order valence-electron chi connectivity index (χ3n) is 3.36.